The lowest BCUT2D eigenvalue weighted by atomic mass is 10.4. The van der Waals surface area contributed by atoms with Crippen LogP contribution in [0.5, 0.6) is 0 Å². The average Bonchev–Trinajstić information content (AvgIpc) is 1.47. The monoisotopic (exact) mass is 238 g/mol. The van der Waals surface area contributed by atoms with Crippen molar-refractivity contribution < 1.29 is 37.9 Å². The van der Waals surface area contributed by atoms with E-state index in [-0.39, 0.29) is 0 Å². The SMILES string of the molecule is O=S(=O)(O)O.OC(P)CC(O)(O)O. The normalized spacial score (nSPS) is 14.4. The number of aliphatic hydroxyl groups is 4. The predicted molar refractivity (Wildman–Crippen MR) is 43.9 cm³/mol. The van der Waals surface area contributed by atoms with E-state index in [1.165, 1.54) is 0 Å². The van der Waals surface area contributed by atoms with Crippen LogP contribution in [0.3, 0.4) is 0 Å². The van der Waals surface area contributed by atoms with Crippen LogP contribution in [0, 0.1) is 0 Å². The Morgan fingerprint density at radius 2 is 1.46 bits per heavy atom. The number of rotatable bonds is 2. The highest BCUT2D eigenvalue weighted by Gasteiger charge is 2.20. The molecule has 0 bridgehead atoms. The van der Waals surface area contributed by atoms with Crippen molar-refractivity contribution in [3.8, 4) is 0 Å². The smallest absolute Gasteiger partial charge is 0.389 e. The molecule has 10 heteroatoms. The zero-order valence-electron chi connectivity index (χ0n) is 6.27. The molecule has 13 heavy (non-hydrogen) atoms. The van der Waals surface area contributed by atoms with E-state index in [9.17, 15) is 0 Å². The molecule has 0 aliphatic carbocycles. The third-order valence-corrected chi connectivity index (χ3v) is 0.719. The molecule has 0 rings (SSSR count). The molecule has 2 atom stereocenters. The summed E-state index contributed by atoms with van der Waals surface area (Å²) in [6.07, 6.45) is -0.488. The van der Waals surface area contributed by atoms with Gasteiger partial charge in [0.25, 0.3) is 5.97 Å². The van der Waals surface area contributed by atoms with Gasteiger partial charge in [0.05, 0.1) is 12.3 Å². The number of aliphatic hydroxyl groups excluding tert-OH is 1. The van der Waals surface area contributed by atoms with Crippen LogP contribution in [0.15, 0.2) is 0 Å². The second-order valence-corrected chi connectivity index (χ2v) is 3.66. The Kier molecular flexibility index (Phi) is 6.94. The van der Waals surface area contributed by atoms with E-state index in [2.05, 4.69) is 0 Å². The fourth-order valence-electron chi connectivity index (χ4n) is 0.281. The number of hydrogen-bond donors (Lipinski definition) is 6. The van der Waals surface area contributed by atoms with Crippen LogP contribution in [-0.4, -0.2) is 49.8 Å². The summed E-state index contributed by atoms with van der Waals surface area (Å²) < 4.78 is 31.6. The van der Waals surface area contributed by atoms with Gasteiger partial charge in [0, 0.05) is 0 Å². The Balaban J connectivity index is 0. The summed E-state index contributed by atoms with van der Waals surface area (Å²) in [5.74, 6) is -3.74. The Labute approximate surface area is 76.6 Å². The molecule has 6 N–H and O–H groups in total. The molecule has 0 radical (unpaired) electrons. The van der Waals surface area contributed by atoms with Crippen LogP contribution in [0.25, 0.3) is 0 Å². The van der Waals surface area contributed by atoms with Crippen molar-refractivity contribution in [2.24, 2.45) is 0 Å². The second-order valence-electron chi connectivity index (χ2n) is 1.99. The van der Waals surface area contributed by atoms with Crippen molar-refractivity contribution in [2.45, 2.75) is 18.2 Å². The van der Waals surface area contributed by atoms with Gasteiger partial charge in [0.1, 0.15) is 0 Å². The molecule has 0 heterocycles. The summed E-state index contributed by atoms with van der Waals surface area (Å²) in [6, 6.07) is 0. The van der Waals surface area contributed by atoms with Gasteiger partial charge >= 0.3 is 10.4 Å². The van der Waals surface area contributed by atoms with Gasteiger partial charge in [-0.15, -0.1) is 9.24 Å². The van der Waals surface area contributed by atoms with Crippen molar-refractivity contribution in [3.63, 3.8) is 0 Å². The van der Waals surface area contributed by atoms with Crippen LogP contribution >= 0.6 is 9.24 Å². The van der Waals surface area contributed by atoms with Gasteiger partial charge in [-0.05, 0) is 0 Å². The molecule has 0 saturated heterocycles. The standard InChI is InChI=1S/C3H9O4P.H2O4S/c4-2(8)1-3(5,6)7;1-5(2,3)4/h2,4-7H,1,8H2;(H2,1,2,3,4). The van der Waals surface area contributed by atoms with E-state index < -0.39 is 28.6 Å². The molecule has 0 aromatic heterocycles. The summed E-state index contributed by atoms with van der Waals surface area (Å²) in [5.41, 5.74) is 0. The van der Waals surface area contributed by atoms with Crippen LogP contribution in [0.4, 0.5) is 0 Å². The molecule has 0 aliphatic heterocycles. The van der Waals surface area contributed by atoms with Gasteiger partial charge in [-0.2, -0.15) is 8.42 Å². The Morgan fingerprint density at radius 3 is 1.46 bits per heavy atom. The lowest BCUT2D eigenvalue weighted by molar-refractivity contribution is -0.318. The molecule has 0 aromatic rings. The molecule has 0 aliphatic rings. The molecule has 2 unspecified atom stereocenters. The highest BCUT2D eigenvalue weighted by atomic mass is 32.3. The van der Waals surface area contributed by atoms with Crippen molar-refractivity contribution in [2.75, 3.05) is 0 Å². The molecular weight excluding hydrogens is 227 g/mol. The third kappa shape index (κ3) is 47.2. The summed E-state index contributed by atoms with van der Waals surface area (Å²) >= 11 is 0. The van der Waals surface area contributed by atoms with Crippen LogP contribution in [-0.2, 0) is 10.4 Å². The first-order chi connectivity index (χ1) is 5.42. The molecular formula is C3H11O8PS. The minimum Gasteiger partial charge on any atom is -0.389 e. The number of hydrogen-bond acceptors (Lipinski definition) is 6. The first-order valence-corrected chi connectivity index (χ1v) is 4.79. The predicted octanol–water partition coefficient (Wildman–Crippen LogP) is -2.45. The highest BCUT2D eigenvalue weighted by molar-refractivity contribution is 7.79. The summed E-state index contributed by atoms with van der Waals surface area (Å²) in [7, 11) is -2.77. The highest BCUT2D eigenvalue weighted by Crippen LogP contribution is 2.09. The minimum atomic E-state index is -4.67. The first-order valence-electron chi connectivity index (χ1n) is 2.72. The second kappa shape index (κ2) is 5.78. The van der Waals surface area contributed by atoms with Crippen LogP contribution in [0.1, 0.15) is 6.42 Å². The van der Waals surface area contributed by atoms with Gasteiger partial charge in [0.2, 0.25) is 0 Å². The first kappa shape index (κ1) is 15.6. The molecule has 82 valence electrons. The van der Waals surface area contributed by atoms with Crippen molar-refractivity contribution in [1.82, 2.24) is 0 Å². The van der Waals surface area contributed by atoms with E-state index in [4.69, 9.17) is 37.9 Å². The Morgan fingerprint density at radius 1 is 1.23 bits per heavy atom. The van der Waals surface area contributed by atoms with E-state index in [1.54, 1.807) is 0 Å². The van der Waals surface area contributed by atoms with Crippen molar-refractivity contribution in [3.05, 3.63) is 0 Å². The molecule has 0 aromatic carbocycles. The van der Waals surface area contributed by atoms with Crippen molar-refractivity contribution in [1.29, 1.82) is 0 Å². The summed E-state index contributed by atoms with van der Waals surface area (Å²) in [4.78, 5) is 0. The van der Waals surface area contributed by atoms with Crippen LogP contribution < -0.4 is 0 Å². The van der Waals surface area contributed by atoms with Gasteiger partial charge in [-0.1, -0.05) is 0 Å². The van der Waals surface area contributed by atoms with Crippen LogP contribution in [0.2, 0.25) is 0 Å². The fourth-order valence-corrected chi connectivity index (χ4v) is 0.597. The molecule has 8 nitrogen and oxygen atoms in total. The maximum absolute atomic E-state index is 8.74. The van der Waals surface area contributed by atoms with E-state index in [0.717, 1.165) is 0 Å². The summed E-state index contributed by atoms with van der Waals surface area (Å²) in [6.45, 7) is 0. The van der Waals surface area contributed by atoms with Gasteiger partial charge in [-0.25, -0.2) is 0 Å². The third-order valence-electron chi connectivity index (χ3n) is 0.483. The quantitative estimate of drug-likeness (QED) is 0.176. The summed E-state index contributed by atoms with van der Waals surface area (Å²) in [5, 5.41) is 32.7. The average molecular weight is 238 g/mol. The van der Waals surface area contributed by atoms with Crippen molar-refractivity contribution >= 4 is 19.6 Å². The zero-order valence-corrected chi connectivity index (χ0v) is 8.24. The zero-order chi connectivity index (χ0) is 11.3. The largest absolute Gasteiger partial charge is 0.394 e. The Hall–Kier alpha value is 0.140. The van der Waals surface area contributed by atoms with Gasteiger partial charge < -0.3 is 20.4 Å². The van der Waals surface area contributed by atoms with E-state index in [1.807, 2.05) is 9.24 Å². The molecule has 0 amide bonds. The maximum atomic E-state index is 8.74. The molecule has 0 fully saturated rings. The molecule has 0 spiro atoms. The molecule has 0 saturated carbocycles. The van der Waals surface area contributed by atoms with E-state index in [0.29, 0.717) is 0 Å². The van der Waals surface area contributed by atoms with Gasteiger partial charge in [0.15, 0.2) is 0 Å². The van der Waals surface area contributed by atoms with Gasteiger partial charge in [-0.3, -0.25) is 9.11 Å². The lowest BCUT2D eigenvalue weighted by Crippen LogP contribution is -2.30. The minimum absolute atomic E-state index is 0.488. The maximum Gasteiger partial charge on any atom is 0.394 e. The fraction of sp³-hybridized carbons (Fsp3) is 1.00. The topological polar surface area (TPSA) is 156 Å². The lowest BCUT2D eigenvalue weighted by Gasteiger charge is -2.14. The van der Waals surface area contributed by atoms with E-state index >= 15 is 0 Å². The Bertz CT molecular complexity index is 206.